The van der Waals surface area contributed by atoms with Crippen LogP contribution in [0.15, 0.2) is 66.7 Å². The molecule has 2 aromatic rings. The average molecular weight is 473 g/mol. The molecule has 3 aliphatic rings. The Hall–Kier alpha value is -2.92. The average Bonchev–Trinajstić information content (AvgIpc) is 3.15. The number of carbonyl (C=O) groups is 2. The van der Waals surface area contributed by atoms with Crippen LogP contribution in [0.1, 0.15) is 51.2 Å². The third-order valence-electron chi connectivity index (χ3n) is 8.65. The van der Waals surface area contributed by atoms with Crippen LogP contribution in [0.25, 0.3) is 6.08 Å². The van der Waals surface area contributed by atoms with Gasteiger partial charge in [0.05, 0.1) is 0 Å². The highest BCUT2D eigenvalue weighted by Crippen LogP contribution is 2.65. The molecule has 2 aromatic carbocycles. The molecule has 0 radical (unpaired) electrons. The molecular weight excluding hydrogens is 436 g/mol. The Labute approximate surface area is 208 Å². The number of hydrogen-bond donors (Lipinski definition) is 1. The lowest BCUT2D eigenvalue weighted by atomic mass is 9.57. The highest BCUT2D eigenvalue weighted by Gasteiger charge is 2.76. The van der Waals surface area contributed by atoms with Crippen molar-refractivity contribution < 1.29 is 14.7 Å². The number of benzene rings is 2. The van der Waals surface area contributed by atoms with E-state index in [-0.39, 0.29) is 30.3 Å². The predicted molar refractivity (Wildman–Crippen MR) is 137 cm³/mol. The number of rotatable bonds is 5. The fourth-order valence-electron chi connectivity index (χ4n) is 7.05. The van der Waals surface area contributed by atoms with Crippen molar-refractivity contribution in [3.8, 4) is 0 Å². The number of imide groups is 1. The van der Waals surface area contributed by atoms with Gasteiger partial charge < -0.3 is 5.11 Å². The van der Waals surface area contributed by atoms with E-state index in [1.165, 1.54) is 10.5 Å². The smallest absolute Gasteiger partial charge is 0.329 e. The summed E-state index contributed by atoms with van der Waals surface area (Å²) in [5.41, 5.74) is -0.692. The maximum Gasteiger partial charge on any atom is 0.329 e. The van der Waals surface area contributed by atoms with Gasteiger partial charge in [-0.15, -0.1) is 0 Å². The van der Waals surface area contributed by atoms with Crippen molar-refractivity contribution in [2.24, 2.45) is 22.7 Å². The topological polar surface area (TPSA) is 60.9 Å². The third-order valence-corrected chi connectivity index (χ3v) is 8.65. The van der Waals surface area contributed by atoms with Gasteiger partial charge in [0.1, 0.15) is 5.41 Å². The van der Waals surface area contributed by atoms with Crippen molar-refractivity contribution >= 4 is 18.0 Å². The van der Waals surface area contributed by atoms with E-state index >= 15 is 0 Å². The highest BCUT2D eigenvalue weighted by molar-refractivity contribution is 6.02. The number of carbonyl (C=O) groups excluding carboxylic acids is 2. The zero-order valence-electron chi connectivity index (χ0n) is 21.0. The molecule has 4 atom stereocenters. The Morgan fingerprint density at radius 3 is 2.34 bits per heavy atom. The molecule has 2 saturated heterocycles. The molecule has 1 aliphatic carbocycles. The van der Waals surface area contributed by atoms with Crippen molar-refractivity contribution in [2.75, 3.05) is 13.1 Å². The van der Waals surface area contributed by atoms with E-state index in [2.05, 4.69) is 12.1 Å². The summed E-state index contributed by atoms with van der Waals surface area (Å²) < 4.78 is 0. The summed E-state index contributed by atoms with van der Waals surface area (Å²) in [6, 6.07) is 19.8. The molecule has 184 valence electrons. The van der Waals surface area contributed by atoms with E-state index in [4.69, 9.17) is 0 Å². The fourth-order valence-corrected chi connectivity index (χ4v) is 7.05. The van der Waals surface area contributed by atoms with Crippen LogP contribution in [0.4, 0.5) is 4.79 Å². The van der Waals surface area contributed by atoms with Crippen molar-refractivity contribution in [1.82, 2.24) is 9.80 Å². The van der Waals surface area contributed by atoms with Crippen LogP contribution in [-0.2, 0) is 11.2 Å². The minimum absolute atomic E-state index is 0.0981. The first kappa shape index (κ1) is 23.8. The number of aliphatic hydroxyl groups is 1. The zero-order chi connectivity index (χ0) is 24.8. The van der Waals surface area contributed by atoms with Crippen molar-refractivity contribution in [1.29, 1.82) is 0 Å². The van der Waals surface area contributed by atoms with E-state index < -0.39 is 16.6 Å². The quantitative estimate of drug-likeness (QED) is 0.637. The summed E-state index contributed by atoms with van der Waals surface area (Å²) in [6.07, 6.45) is 6.86. The van der Waals surface area contributed by atoms with Crippen LogP contribution >= 0.6 is 0 Å². The number of piperidine rings is 1. The van der Waals surface area contributed by atoms with Gasteiger partial charge in [-0.2, -0.15) is 0 Å². The first-order chi connectivity index (χ1) is 16.7. The second-order valence-electron chi connectivity index (χ2n) is 11.5. The first-order valence-electron chi connectivity index (χ1n) is 12.8. The lowest BCUT2D eigenvalue weighted by Gasteiger charge is -2.62. The SMILES string of the molecule is CC(C)(C)[C@@]12CC[C@H]3C[C@H](Cc4ccccc4)CN(C(=O)N(C/C=C/c4ccccc4)C1=O)[C@]32O. The van der Waals surface area contributed by atoms with Gasteiger partial charge in [-0.1, -0.05) is 93.6 Å². The summed E-state index contributed by atoms with van der Waals surface area (Å²) in [4.78, 5) is 31.0. The third kappa shape index (κ3) is 3.63. The van der Waals surface area contributed by atoms with E-state index in [0.717, 1.165) is 24.8 Å². The number of urea groups is 1. The molecule has 35 heavy (non-hydrogen) atoms. The Morgan fingerprint density at radius 1 is 1.03 bits per heavy atom. The van der Waals surface area contributed by atoms with Crippen LogP contribution < -0.4 is 0 Å². The van der Waals surface area contributed by atoms with Crippen LogP contribution in [0, 0.1) is 22.7 Å². The molecule has 0 aromatic heterocycles. The Morgan fingerprint density at radius 2 is 1.69 bits per heavy atom. The summed E-state index contributed by atoms with van der Waals surface area (Å²) in [7, 11) is 0. The minimum Gasteiger partial charge on any atom is -0.369 e. The Bertz CT molecular complexity index is 1120. The molecule has 3 amide bonds. The van der Waals surface area contributed by atoms with Crippen molar-refractivity contribution in [2.45, 2.75) is 52.2 Å². The maximum atomic E-state index is 14.1. The zero-order valence-corrected chi connectivity index (χ0v) is 21.0. The van der Waals surface area contributed by atoms with Gasteiger partial charge >= 0.3 is 6.03 Å². The molecule has 0 unspecified atom stereocenters. The summed E-state index contributed by atoms with van der Waals surface area (Å²) in [6.45, 7) is 6.77. The van der Waals surface area contributed by atoms with Gasteiger partial charge in [-0.25, -0.2) is 4.79 Å². The normalized spacial score (nSPS) is 30.7. The van der Waals surface area contributed by atoms with E-state index in [0.29, 0.717) is 13.0 Å². The van der Waals surface area contributed by atoms with Crippen LogP contribution in [0.5, 0.6) is 0 Å². The second kappa shape index (κ2) is 8.63. The fraction of sp³-hybridized carbons (Fsp3) is 0.467. The van der Waals surface area contributed by atoms with Gasteiger partial charge in [-0.3, -0.25) is 14.6 Å². The largest absolute Gasteiger partial charge is 0.369 e. The maximum absolute atomic E-state index is 14.1. The van der Waals surface area contributed by atoms with Gasteiger partial charge in [0.2, 0.25) is 5.91 Å². The molecule has 5 rings (SSSR count). The molecule has 2 aliphatic heterocycles. The Kier molecular flexibility index (Phi) is 5.87. The van der Waals surface area contributed by atoms with Crippen LogP contribution in [-0.4, -0.2) is 45.7 Å². The molecule has 0 bridgehead atoms. The number of amides is 3. The van der Waals surface area contributed by atoms with E-state index in [9.17, 15) is 14.7 Å². The van der Waals surface area contributed by atoms with Gasteiger partial charge in [0, 0.05) is 19.0 Å². The number of nitrogens with zero attached hydrogens (tertiary/aromatic N) is 2. The van der Waals surface area contributed by atoms with Crippen LogP contribution in [0.2, 0.25) is 0 Å². The minimum atomic E-state index is -1.44. The molecule has 1 N–H and O–H groups in total. The van der Waals surface area contributed by atoms with Crippen LogP contribution in [0.3, 0.4) is 0 Å². The first-order valence-corrected chi connectivity index (χ1v) is 12.8. The standard InChI is InChI=1S/C30H36N2O3/c1-28(2,3)29-17-16-25-20-24(19-23-13-8-5-9-14-23)21-32(30(25,29)35)27(34)31(26(29)33)18-10-15-22-11-6-4-7-12-22/h4-15,24-25,35H,16-21H2,1-3H3/b15-10+/t24-,25-,29+,30-/m0/s1. The van der Waals surface area contributed by atoms with Gasteiger partial charge in [-0.05, 0) is 48.1 Å². The molecule has 2 heterocycles. The van der Waals surface area contributed by atoms with Gasteiger partial charge in [0.15, 0.2) is 5.72 Å². The second-order valence-corrected chi connectivity index (χ2v) is 11.5. The molecular formula is C30H36N2O3. The lowest BCUT2D eigenvalue weighted by Crippen LogP contribution is -2.78. The molecule has 3 fully saturated rings. The highest BCUT2D eigenvalue weighted by atomic mass is 16.3. The Balaban J connectivity index is 1.49. The summed E-state index contributed by atoms with van der Waals surface area (Å²) in [5, 5.41) is 12.4. The lowest BCUT2D eigenvalue weighted by molar-refractivity contribution is -0.249. The summed E-state index contributed by atoms with van der Waals surface area (Å²) in [5.74, 6) is -0.0770. The van der Waals surface area contributed by atoms with E-state index in [1.807, 2.05) is 81.5 Å². The van der Waals surface area contributed by atoms with Crippen molar-refractivity contribution in [3.05, 3.63) is 77.9 Å². The van der Waals surface area contributed by atoms with Crippen molar-refractivity contribution in [3.63, 3.8) is 0 Å². The molecule has 5 heteroatoms. The monoisotopic (exact) mass is 472 g/mol. The number of hydrogen-bond acceptors (Lipinski definition) is 3. The molecule has 0 spiro atoms. The molecule has 5 nitrogen and oxygen atoms in total. The van der Waals surface area contributed by atoms with Gasteiger partial charge in [0.25, 0.3) is 0 Å². The predicted octanol–water partition coefficient (Wildman–Crippen LogP) is 5.36. The molecule has 1 saturated carbocycles. The summed E-state index contributed by atoms with van der Waals surface area (Å²) >= 11 is 0. The van der Waals surface area contributed by atoms with E-state index in [1.54, 1.807) is 4.90 Å².